The first-order chi connectivity index (χ1) is 21.9. The van der Waals surface area contributed by atoms with Gasteiger partial charge in [0.15, 0.2) is 5.82 Å². The van der Waals surface area contributed by atoms with E-state index in [1.807, 2.05) is 12.1 Å². The molecule has 0 bridgehead atoms. The third-order valence-electron chi connectivity index (χ3n) is 8.44. The van der Waals surface area contributed by atoms with Crippen molar-refractivity contribution in [3.8, 4) is 5.75 Å². The highest BCUT2D eigenvalue weighted by atomic mass is 35.5. The number of nitrogens with one attached hydrogen (secondary N) is 2. The molecule has 6 rings (SSSR count). The number of amides is 1. The first-order valence-electron chi connectivity index (χ1n) is 15.1. The van der Waals surface area contributed by atoms with E-state index in [1.54, 1.807) is 24.3 Å². The van der Waals surface area contributed by atoms with Crippen LogP contribution in [0.25, 0.3) is 0 Å². The number of benzene rings is 2. The average molecular weight is 638 g/mol. The lowest BCUT2D eigenvalue weighted by atomic mass is 10.0. The Balaban J connectivity index is 1.24. The molecular formula is C32H37ClFN7O4. The number of rotatable bonds is 9. The topological polar surface area (TPSA) is 104 Å². The Hall–Kier alpha value is -3.97. The number of halogens is 2. The smallest absolute Gasteiger partial charge is 0.247 e. The molecule has 238 valence electrons. The Labute approximate surface area is 266 Å². The minimum Gasteiger partial charge on any atom is -0.494 e. The summed E-state index contributed by atoms with van der Waals surface area (Å²) in [6.07, 6.45) is 5.35. The molecule has 3 aliphatic rings. The number of piperidine rings is 1. The van der Waals surface area contributed by atoms with Crippen molar-refractivity contribution < 1.29 is 23.5 Å². The van der Waals surface area contributed by atoms with Crippen LogP contribution in [0, 0.1) is 5.82 Å². The number of methoxy groups -OCH3 is 1. The first-order valence-corrected chi connectivity index (χ1v) is 15.5. The van der Waals surface area contributed by atoms with Crippen LogP contribution in [0.2, 0.25) is 5.02 Å². The SMILES string of the molecule is C=CC(=O)Nc1cc(Nc2cc(N3OCC[C@@H]3c3cc(F)cc(Cl)c3)ncn2)c(OC)cc1N1CCC(N2CCOCC2)CC1. The molecule has 11 nitrogen and oxygen atoms in total. The molecule has 1 amide bonds. The summed E-state index contributed by atoms with van der Waals surface area (Å²) in [5.74, 6) is 0.835. The predicted octanol–water partition coefficient (Wildman–Crippen LogP) is 5.33. The summed E-state index contributed by atoms with van der Waals surface area (Å²) in [5.41, 5.74) is 2.80. The van der Waals surface area contributed by atoms with Crippen LogP contribution in [0.15, 0.2) is 55.4 Å². The Kier molecular flexibility index (Phi) is 9.64. The van der Waals surface area contributed by atoms with Gasteiger partial charge in [0.05, 0.1) is 50.0 Å². The summed E-state index contributed by atoms with van der Waals surface area (Å²) in [6, 6.07) is 10.2. The number of aromatic nitrogens is 2. The Morgan fingerprint density at radius 3 is 2.58 bits per heavy atom. The van der Waals surface area contributed by atoms with Crippen molar-refractivity contribution in [2.45, 2.75) is 31.3 Å². The summed E-state index contributed by atoms with van der Waals surface area (Å²) in [4.78, 5) is 32.0. The number of nitrogens with zero attached hydrogens (tertiary/aromatic N) is 5. The standard InChI is InChI=1S/C32H37ClFN7O4/c1-3-32(42)38-25-17-26(29(43-2)18-28(25)40-7-4-24(5-8-40)39-9-12-44-13-10-39)37-30-19-31(36-20-35-30)41-27(6-11-45-41)21-14-22(33)16-23(34)15-21/h3,14-20,24,27H,1,4-13H2,2H3,(H,38,42)(H,35,36,37)/t27-/m1/s1. The lowest BCUT2D eigenvalue weighted by molar-refractivity contribution is -0.111. The fourth-order valence-corrected chi connectivity index (χ4v) is 6.47. The molecule has 13 heteroatoms. The minimum atomic E-state index is -0.411. The van der Waals surface area contributed by atoms with E-state index in [4.69, 9.17) is 25.9 Å². The number of ether oxygens (including phenoxy) is 2. The lowest BCUT2D eigenvalue weighted by Gasteiger charge is -2.41. The largest absolute Gasteiger partial charge is 0.494 e. The monoisotopic (exact) mass is 637 g/mol. The van der Waals surface area contributed by atoms with Crippen LogP contribution in [0.4, 0.5) is 33.1 Å². The predicted molar refractivity (Wildman–Crippen MR) is 172 cm³/mol. The molecule has 0 unspecified atom stereocenters. The zero-order valence-corrected chi connectivity index (χ0v) is 25.9. The summed E-state index contributed by atoms with van der Waals surface area (Å²) < 4.78 is 25.5. The number of hydroxylamine groups is 1. The van der Waals surface area contributed by atoms with Gasteiger partial charge in [-0.05, 0) is 48.7 Å². The van der Waals surface area contributed by atoms with E-state index in [-0.39, 0.29) is 11.9 Å². The number of anilines is 5. The van der Waals surface area contributed by atoms with E-state index in [9.17, 15) is 9.18 Å². The highest BCUT2D eigenvalue weighted by molar-refractivity contribution is 6.30. The molecule has 0 saturated carbocycles. The van der Waals surface area contributed by atoms with Gasteiger partial charge in [-0.1, -0.05) is 18.2 Å². The van der Waals surface area contributed by atoms with E-state index in [2.05, 4.69) is 37.0 Å². The van der Waals surface area contributed by atoms with Crippen molar-refractivity contribution in [3.05, 3.63) is 71.8 Å². The van der Waals surface area contributed by atoms with Crippen molar-refractivity contribution in [1.29, 1.82) is 0 Å². The Morgan fingerprint density at radius 2 is 1.84 bits per heavy atom. The van der Waals surface area contributed by atoms with Gasteiger partial charge in [0.2, 0.25) is 5.91 Å². The molecular weight excluding hydrogens is 601 g/mol. The molecule has 4 heterocycles. The maximum absolute atomic E-state index is 14.1. The molecule has 0 spiro atoms. The maximum atomic E-state index is 14.1. The van der Waals surface area contributed by atoms with Crippen LogP contribution in [-0.2, 0) is 14.4 Å². The van der Waals surface area contributed by atoms with E-state index in [0.29, 0.717) is 58.4 Å². The van der Waals surface area contributed by atoms with Gasteiger partial charge in [-0.15, -0.1) is 0 Å². The van der Waals surface area contributed by atoms with Gasteiger partial charge in [0.1, 0.15) is 23.7 Å². The van der Waals surface area contributed by atoms with Crippen molar-refractivity contribution in [3.63, 3.8) is 0 Å². The average Bonchev–Trinajstić information content (AvgIpc) is 3.56. The Morgan fingerprint density at radius 1 is 1.04 bits per heavy atom. The van der Waals surface area contributed by atoms with Crippen molar-refractivity contribution in [2.24, 2.45) is 0 Å². The molecule has 0 radical (unpaired) electrons. The number of carbonyl (C=O) groups excluding carboxylic acids is 1. The molecule has 1 atom stereocenters. The summed E-state index contributed by atoms with van der Waals surface area (Å²) in [5, 5.41) is 8.26. The molecule has 3 saturated heterocycles. The second kappa shape index (κ2) is 14.0. The van der Waals surface area contributed by atoms with E-state index in [0.717, 1.165) is 57.9 Å². The Bertz CT molecular complexity index is 1510. The fraction of sp³-hybridized carbons (Fsp3) is 0.406. The van der Waals surface area contributed by atoms with Crippen LogP contribution in [0.3, 0.4) is 0 Å². The highest BCUT2D eigenvalue weighted by Gasteiger charge is 2.31. The highest BCUT2D eigenvalue weighted by Crippen LogP contribution is 2.41. The number of carbonyl (C=O) groups is 1. The maximum Gasteiger partial charge on any atom is 0.247 e. The molecule has 3 fully saturated rings. The van der Waals surface area contributed by atoms with E-state index < -0.39 is 5.82 Å². The molecule has 3 aromatic rings. The van der Waals surface area contributed by atoms with Crippen molar-refractivity contribution >= 4 is 46.2 Å². The van der Waals surface area contributed by atoms with E-state index in [1.165, 1.54) is 24.5 Å². The van der Waals surface area contributed by atoms with Gasteiger partial charge in [-0.3, -0.25) is 14.5 Å². The van der Waals surface area contributed by atoms with Crippen LogP contribution in [0.5, 0.6) is 5.75 Å². The van der Waals surface area contributed by atoms with Gasteiger partial charge in [-0.2, -0.15) is 0 Å². The zero-order chi connectivity index (χ0) is 31.3. The molecule has 2 aromatic carbocycles. The van der Waals surface area contributed by atoms with Crippen LogP contribution in [-0.4, -0.2) is 79.9 Å². The number of hydrogen-bond donors (Lipinski definition) is 2. The minimum absolute atomic E-state index is 0.275. The van der Waals surface area contributed by atoms with Gasteiger partial charge < -0.3 is 25.0 Å². The third kappa shape index (κ3) is 7.14. The van der Waals surface area contributed by atoms with Crippen LogP contribution in [0.1, 0.15) is 30.9 Å². The van der Waals surface area contributed by atoms with Crippen molar-refractivity contribution in [2.75, 3.05) is 73.7 Å². The normalized spacial score (nSPS) is 19.4. The van der Waals surface area contributed by atoms with Gasteiger partial charge in [-0.25, -0.2) is 19.4 Å². The summed E-state index contributed by atoms with van der Waals surface area (Å²) in [7, 11) is 1.61. The second-order valence-corrected chi connectivity index (χ2v) is 11.6. The third-order valence-corrected chi connectivity index (χ3v) is 8.66. The quantitative estimate of drug-likeness (QED) is 0.299. The second-order valence-electron chi connectivity index (χ2n) is 11.2. The lowest BCUT2D eigenvalue weighted by Crippen LogP contribution is -2.49. The van der Waals surface area contributed by atoms with Gasteiger partial charge in [0.25, 0.3) is 0 Å². The molecule has 45 heavy (non-hydrogen) atoms. The van der Waals surface area contributed by atoms with Crippen LogP contribution >= 0.6 is 11.6 Å². The number of morpholine rings is 1. The molecule has 1 aromatic heterocycles. The zero-order valence-electron chi connectivity index (χ0n) is 25.2. The number of hydrogen-bond acceptors (Lipinski definition) is 10. The molecule has 3 aliphatic heterocycles. The van der Waals surface area contributed by atoms with E-state index >= 15 is 0 Å². The fourth-order valence-electron chi connectivity index (χ4n) is 6.23. The first kappa shape index (κ1) is 31.0. The summed E-state index contributed by atoms with van der Waals surface area (Å²) >= 11 is 6.13. The van der Waals surface area contributed by atoms with Crippen LogP contribution < -0.4 is 25.3 Å². The molecule has 2 N–H and O–H groups in total. The van der Waals surface area contributed by atoms with Gasteiger partial charge >= 0.3 is 0 Å². The molecule has 0 aliphatic carbocycles. The van der Waals surface area contributed by atoms with Gasteiger partial charge in [0, 0.05) is 55.8 Å². The summed E-state index contributed by atoms with van der Waals surface area (Å²) in [6.45, 7) is 9.26. The van der Waals surface area contributed by atoms with Crippen molar-refractivity contribution in [1.82, 2.24) is 14.9 Å².